The van der Waals surface area contributed by atoms with Crippen LogP contribution in [0.3, 0.4) is 0 Å². The third kappa shape index (κ3) is 4.23. The van der Waals surface area contributed by atoms with Crippen molar-refractivity contribution in [2.75, 3.05) is 11.9 Å². The third-order valence-corrected chi connectivity index (χ3v) is 3.41. The van der Waals surface area contributed by atoms with Gasteiger partial charge in [-0.05, 0) is 43.2 Å². The molecule has 0 saturated carbocycles. The van der Waals surface area contributed by atoms with E-state index in [2.05, 4.69) is 33.2 Å². The predicted molar refractivity (Wildman–Crippen MR) is 86.2 cm³/mol. The number of hydrogen-bond donors (Lipinski definition) is 1. The minimum Gasteiger partial charge on any atom is -0.489 e. The van der Waals surface area contributed by atoms with E-state index in [1.165, 1.54) is 0 Å². The van der Waals surface area contributed by atoms with Crippen molar-refractivity contribution in [2.45, 2.75) is 26.9 Å². The van der Waals surface area contributed by atoms with E-state index in [9.17, 15) is 0 Å². The number of rotatable bonds is 6. The van der Waals surface area contributed by atoms with Crippen LogP contribution >= 0.6 is 15.9 Å². The highest BCUT2D eigenvalue weighted by Crippen LogP contribution is 2.23. The van der Waals surface area contributed by atoms with E-state index in [1.54, 1.807) is 0 Å². The maximum absolute atomic E-state index is 5.82. The van der Waals surface area contributed by atoms with Crippen molar-refractivity contribution >= 4 is 21.7 Å². The SMILES string of the molecule is CCCNc1ccc(COc2ccc(Br)cc2C)cn1. The number of nitrogens with zero attached hydrogens (tertiary/aromatic N) is 1. The van der Waals surface area contributed by atoms with Crippen LogP contribution in [-0.2, 0) is 6.61 Å². The van der Waals surface area contributed by atoms with Gasteiger partial charge in [-0.2, -0.15) is 0 Å². The second-order valence-corrected chi connectivity index (χ2v) is 5.59. The largest absolute Gasteiger partial charge is 0.489 e. The van der Waals surface area contributed by atoms with Gasteiger partial charge in [0, 0.05) is 22.8 Å². The van der Waals surface area contributed by atoms with E-state index < -0.39 is 0 Å². The molecule has 0 aliphatic rings. The fourth-order valence-electron chi connectivity index (χ4n) is 1.80. The summed E-state index contributed by atoms with van der Waals surface area (Å²) in [5, 5.41) is 3.25. The van der Waals surface area contributed by atoms with Gasteiger partial charge in [0.1, 0.15) is 18.2 Å². The number of anilines is 1. The summed E-state index contributed by atoms with van der Waals surface area (Å²) in [5.74, 6) is 1.82. The van der Waals surface area contributed by atoms with E-state index in [4.69, 9.17) is 4.74 Å². The molecule has 2 aromatic rings. The summed E-state index contributed by atoms with van der Waals surface area (Å²) in [6.07, 6.45) is 2.95. The van der Waals surface area contributed by atoms with Crippen LogP contribution in [0, 0.1) is 6.92 Å². The second-order valence-electron chi connectivity index (χ2n) is 4.68. The number of ether oxygens (including phenoxy) is 1. The first-order chi connectivity index (χ1) is 9.69. The molecular formula is C16H19BrN2O. The minimum absolute atomic E-state index is 0.531. The molecule has 1 N–H and O–H groups in total. The molecule has 0 bridgehead atoms. The number of nitrogens with one attached hydrogen (secondary N) is 1. The third-order valence-electron chi connectivity index (χ3n) is 2.91. The van der Waals surface area contributed by atoms with Crippen molar-refractivity contribution in [2.24, 2.45) is 0 Å². The van der Waals surface area contributed by atoms with Crippen molar-refractivity contribution in [1.82, 2.24) is 4.98 Å². The molecule has 0 amide bonds. The number of hydrogen-bond acceptors (Lipinski definition) is 3. The Bertz CT molecular complexity index is 555. The molecule has 1 aromatic carbocycles. The lowest BCUT2D eigenvalue weighted by atomic mass is 10.2. The number of aromatic nitrogens is 1. The summed E-state index contributed by atoms with van der Waals surface area (Å²) in [6.45, 7) is 5.65. The molecule has 0 radical (unpaired) electrons. The average molecular weight is 335 g/mol. The quantitative estimate of drug-likeness (QED) is 0.841. The lowest BCUT2D eigenvalue weighted by Gasteiger charge is -2.10. The van der Waals surface area contributed by atoms with E-state index in [0.29, 0.717) is 6.61 Å². The monoisotopic (exact) mass is 334 g/mol. The van der Waals surface area contributed by atoms with Crippen LogP contribution in [0.25, 0.3) is 0 Å². The Balaban J connectivity index is 1.93. The fourth-order valence-corrected chi connectivity index (χ4v) is 2.28. The van der Waals surface area contributed by atoms with E-state index in [-0.39, 0.29) is 0 Å². The highest BCUT2D eigenvalue weighted by molar-refractivity contribution is 9.10. The van der Waals surface area contributed by atoms with Gasteiger partial charge >= 0.3 is 0 Å². The smallest absolute Gasteiger partial charge is 0.125 e. The standard InChI is InChI=1S/C16H19BrN2O/c1-3-8-18-16-7-4-13(10-19-16)11-20-15-6-5-14(17)9-12(15)2/h4-7,9-10H,3,8,11H2,1-2H3,(H,18,19). The van der Waals surface area contributed by atoms with Crippen molar-refractivity contribution < 1.29 is 4.74 Å². The Hall–Kier alpha value is -1.55. The van der Waals surface area contributed by atoms with Crippen LogP contribution < -0.4 is 10.1 Å². The predicted octanol–water partition coefficient (Wildman–Crippen LogP) is 4.55. The van der Waals surface area contributed by atoms with E-state index >= 15 is 0 Å². The summed E-state index contributed by atoms with van der Waals surface area (Å²) >= 11 is 3.45. The first-order valence-electron chi connectivity index (χ1n) is 6.77. The summed E-state index contributed by atoms with van der Waals surface area (Å²) in [4.78, 5) is 4.37. The number of pyridine rings is 1. The molecule has 0 atom stereocenters. The summed E-state index contributed by atoms with van der Waals surface area (Å²) in [6, 6.07) is 10.0. The Morgan fingerprint density at radius 2 is 2.10 bits per heavy atom. The zero-order valence-corrected chi connectivity index (χ0v) is 13.4. The molecule has 1 aromatic heterocycles. The van der Waals surface area contributed by atoms with Crippen LogP contribution in [0.4, 0.5) is 5.82 Å². The Kier molecular flexibility index (Phi) is 5.41. The zero-order chi connectivity index (χ0) is 14.4. The molecule has 0 unspecified atom stereocenters. The van der Waals surface area contributed by atoms with Crippen LogP contribution in [-0.4, -0.2) is 11.5 Å². The Morgan fingerprint density at radius 1 is 1.25 bits per heavy atom. The van der Waals surface area contributed by atoms with Gasteiger partial charge in [0.05, 0.1) is 0 Å². The maximum Gasteiger partial charge on any atom is 0.125 e. The fraction of sp³-hybridized carbons (Fsp3) is 0.312. The Morgan fingerprint density at radius 3 is 2.75 bits per heavy atom. The van der Waals surface area contributed by atoms with Crippen molar-refractivity contribution in [3.8, 4) is 5.75 Å². The van der Waals surface area contributed by atoms with Gasteiger partial charge in [-0.1, -0.05) is 28.9 Å². The van der Waals surface area contributed by atoms with Gasteiger partial charge in [-0.15, -0.1) is 0 Å². The summed E-state index contributed by atoms with van der Waals surface area (Å²) in [7, 11) is 0. The van der Waals surface area contributed by atoms with Gasteiger partial charge in [-0.25, -0.2) is 4.98 Å². The van der Waals surface area contributed by atoms with Crippen LogP contribution in [0.15, 0.2) is 41.0 Å². The summed E-state index contributed by atoms with van der Waals surface area (Å²) < 4.78 is 6.88. The Labute approximate surface area is 128 Å². The van der Waals surface area contributed by atoms with Gasteiger partial charge < -0.3 is 10.1 Å². The molecule has 0 saturated heterocycles. The molecule has 20 heavy (non-hydrogen) atoms. The highest BCUT2D eigenvalue weighted by atomic mass is 79.9. The summed E-state index contributed by atoms with van der Waals surface area (Å²) in [5.41, 5.74) is 2.18. The van der Waals surface area contributed by atoms with Gasteiger partial charge in [0.25, 0.3) is 0 Å². The number of benzene rings is 1. The second kappa shape index (κ2) is 7.29. The average Bonchev–Trinajstić information content (AvgIpc) is 2.45. The van der Waals surface area contributed by atoms with Crippen molar-refractivity contribution in [1.29, 1.82) is 0 Å². The molecule has 4 heteroatoms. The molecule has 3 nitrogen and oxygen atoms in total. The van der Waals surface area contributed by atoms with Crippen molar-refractivity contribution in [3.05, 3.63) is 52.1 Å². The molecule has 0 fully saturated rings. The maximum atomic E-state index is 5.82. The van der Waals surface area contributed by atoms with E-state index in [0.717, 1.165) is 40.1 Å². The molecule has 1 heterocycles. The normalized spacial score (nSPS) is 10.3. The zero-order valence-electron chi connectivity index (χ0n) is 11.8. The minimum atomic E-state index is 0.531. The van der Waals surface area contributed by atoms with E-state index in [1.807, 2.05) is 43.5 Å². The topological polar surface area (TPSA) is 34.1 Å². The molecule has 106 valence electrons. The number of aryl methyl sites for hydroxylation is 1. The lowest BCUT2D eigenvalue weighted by molar-refractivity contribution is 0.303. The lowest BCUT2D eigenvalue weighted by Crippen LogP contribution is -2.03. The molecule has 0 aliphatic carbocycles. The molecule has 0 aliphatic heterocycles. The first kappa shape index (κ1) is 14.9. The molecular weight excluding hydrogens is 316 g/mol. The van der Waals surface area contributed by atoms with Crippen molar-refractivity contribution in [3.63, 3.8) is 0 Å². The van der Waals surface area contributed by atoms with Gasteiger partial charge in [0.2, 0.25) is 0 Å². The highest BCUT2D eigenvalue weighted by Gasteiger charge is 2.01. The van der Waals surface area contributed by atoms with Crippen LogP contribution in [0.5, 0.6) is 5.75 Å². The molecule has 0 spiro atoms. The first-order valence-corrected chi connectivity index (χ1v) is 7.56. The van der Waals surface area contributed by atoms with Gasteiger partial charge in [-0.3, -0.25) is 0 Å². The number of halogens is 1. The van der Waals surface area contributed by atoms with Gasteiger partial charge in [0.15, 0.2) is 0 Å². The molecule has 2 rings (SSSR count). The van der Waals surface area contributed by atoms with Crippen LogP contribution in [0.1, 0.15) is 24.5 Å². The van der Waals surface area contributed by atoms with Crippen LogP contribution in [0.2, 0.25) is 0 Å².